The number of hydrogen-bond acceptors (Lipinski definition) is 4. The Balaban J connectivity index is 1.84. The predicted molar refractivity (Wildman–Crippen MR) is 90.8 cm³/mol. The van der Waals surface area contributed by atoms with E-state index in [0.29, 0.717) is 17.5 Å². The second kappa shape index (κ2) is 6.57. The minimum atomic E-state index is -3.07. The van der Waals surface area contributed by atoms with E-state index in [1.54, 1.807) is 48.5 Å². The molecule has 0 unspecified atom stereocenters. The van der Waals surface area contributed by atoms with Crippen LogP contribution in [-0.2, 0) is 9.84 Å². The van der Waals surface area contributed by atoms with Gasteiger partial charge in [0.15, 0.2) is 15.6 Å². The van der Waals surface area contributed by atoms with Crippen molar-refractivity contribution >= 4 is 21.5 Å². The van der Waals surface area contributed by atoms with Crippen LogP contribution in [-0.4, -0.2) is 37.7 Å². The van der Waals surface area contributed by atoms with E-state index in [1.807, 2.05) is 6.07 Å². The molecule has 0 saturated carbocycles. The summed E-state index contributed by atoms with van der Waals surface area (Å²) < 4.78 is 23.0. The van der Waals surface area contributed by atoms with Crippen molar-refractivity contribution in [2.45, 2.75) is 12.5 Å². The summed E-state index contributed by atoms with van der Waals surface area (Å²) in [5, 5.41) is 2.73. The number of rotatable bonds is 4. The monoisotopic (exact) mass is 343 g/mol. The molecule has 6 heteroatoms. The van der Waals surface area contributed by atoms with Gasteiger partial charge in [0, 0.05) is 17.2 Å². The zero-order valence-electron chi connectivity index (χ0n) is 12.9. The Morgan fingerprint density at radius 2 is 1.54 bits per heavy atom. The predicted octanol–water partition coefficient (Wildman–Crippen LogP) is 1.83. The SMILES string of the molecule is O=C(N[C@@H]1CCS(=O)(=O)C1)c1ccccc1C(=O)c1ccccc1. The molecule has 1 atom stereocenters. The molecule has 0 radical (unpaired) electrons. The highest BCUT2D eigenvalue weighted by atomic mass is 32.2. The Kier molecular flexibility index (Phi) is 4.49. The zero-order valence-corrected chi connectivity index (χ0v) is 13.8. The van der Waals surface area contributed by atoms with Gasteiger partial charge in [0.25, 0.3) is 5.91 Å². The largest absolute Gasteiger partial charge is 0.348 e. The van der Waals surface area contributed by atoms with Crippen molar-refractivity contribution in [2.24, 2.45) is 0 Å². The molecule has 1 amide bonds. The number of hydrogen-bond donors (Lipinski definition) is 1. The maximum atomic E-state index is 12.6. The number of amides is 1. The molecule has 1 fully saturated rings. The highest BCUT2D eigenvalue weighted by Crippen LogP contribution is 2.17. The van der Waals surface area contributed by atoms with Gasteiger partial charge in [0.05, 0.1) is 17.1 Å². The van der Waals surface area contributed by atoms with Crippen LogP contribution >= 0.6 is 0 Å². The van der Waals surface area contributed by atoms with E-state index >= 15 is 0 Å². The van der Waals surface area contributed by atoms with Crippen LogP contribution in [0.15, 0.2) is 54.6 Å². The summed E-state index contributed by atoms with van der Waals surface area (Å²) in [6.45, 7) is 0. The number of ketones is 1. The number of benzene rings is 2. The topological polar surface area (TPSA) is 80.3 Å². The first kappa shape index (κ1) is 16.4. The Morgan fingerprint density at radius 1 is 0.917 bits per heavy atom. The lowest BCUT2D eigenvalue weighted by atomic mass is 9.98. The van der Waals surface area contributed by atoms with Crippen molar-refractivity contribution in [1.29, 1.82) is 0 Å². The average molecular weight is 343 g/mol. The Labute approximate surface area is 140 Å². The van der Waals surface area contributed by atoms with Gasteiger partial charge in [-0.3, -0.25) is 9.59 Å². The summed E-state index contributed by atoms with van der Waals surface area (Å²) in [6.07, 6.45) is 0.406. The molecule has 1 N–H and O–H groups in total. The third kappa shape index (κ3) is 3.54. The third-order valence-corrected chi connectivity index (χ3v) is 5.79. The molecular weight excluding hydrogens is 326 g/mol. The Bertz CT molecular complexity index is 875. The van der Waals surface area contributed by atoms with Crippen LogP contribution in [0.1, 0.15) is 32.7 Å². The van der Waals surface area contributed by atoms with Gasteiger partial charge in [-0.25, -0.2) is 8.42 Å². The molecule has 0 spiro atoms. The molecule has 1 aliphatic rings. The number of nitrogens with one attached hydrogen (secondary N) is 1. The molecule has 3 rings (SSSR count). The van der Waals surface area contributed by atoms with Gasteiger partial charge < -0.3 is 5.32 Å². The summed E-state index contributed by atoms with van der Waals surface area (Å²) in [5.74, 6) is -0.617. The minimum Gasteiger partial charge on any atom is -0.348 e. The smallest absolute Gasteiger partial charge is 0.252 e. The van der Waals surface area contributed by atoms with Gasteiger partial charge in [0.2, 0.25) is 0 Å². The fourth-order valence-corrected chi connectivity index (χ4v) is 4.47. The standard InChI is InChI=1S/C18H17NO4S/c20-17(13-6-2-1-3-7-13)15-8-4-5-9-16(15)18(21)19-14-10-11-24(22,23)12-14/h1-9,14H,10-12H2,(H,19,21)/t14-/m1/s1. The van der Waals surface area contributed by atoms with Gasteiger partial charge in [-0.15, -0.1) is 0 Å². The van der Waals surface area contributed by atoms with E-state index in [9.17, 15) is 18.0 Å². The summed E-state index contributed by atoms with van der Waals surface area (Å²) in [5.41, 5.74) is 1.07. The molecule has 0 aromatic heterocycles. The summed E-state index contributed by atoms with van der Waals surface area (Å²) in [4.78, 5) is 25.1. The molecule has 0 aliphatic carbocycles. The Morgan fingerprint density at radius 3 is 2.17 bits per heavy atom. The van der Waals surface area contributed by atoms with Crippen LogP contribution in [0.25, 0.3) is 0 Å². The lowest BCUT2D eigenvalue weighted by molar-refractivity contribution is 0.0930. The second-order valence-corrected chi connectivity index (χ2v) is 8.04. The maximum Gasteiger partial charge on any atom is 0.252 e. The van der Waals surface area contributed by atoms with Gasteiger partial charge >= 0.3 is 0 Å². The normalized spacial score (nSPS) is 18.9. The summed E-state index contributed by atoms with van der Waals surface area (Å²) in [6, 6.07) is 14.9. The van der Waals surface area contributed by atoms with Gasteiger partial charge in [0.1, 0.15) is 0 Å². The minimum absolute atomic E-state index is 0.0481. The lowest BCUT2D eigenvalue weighted by Crippen LogP contribution is -2.36. The Hall–Kier alpha value is -2.47. The lowest BCUT2D eigenvalue weighted by Gasteiger charge is -2.13. The van der Waals surface area contributed by atoms with Crippen molar-refractivity contribution in [3.05, 3.63) is 71.3 Å². The van der Waals surface area contributed by atoms with Crippen molar-refractivity contribution in [1.82, 2.24) is 5.32 Å². The molecule has 0 bridgehead atoms. The fourth-order valence-electron chi connectivity index (χ4n) is 2.80. The van der Waals surface area contributed by atoms with Crippen molar-refractivity contribution in [3.8, 4) is 0 Å². The number of carbonyl (C=O) groups is 2. The zero-order chi connectivity index (χ0) is 17.2. The first-order valence-corrected chi connectivity index (χ1v) is 9.48. The highest BCUT2D eigenvalue weighted by Gasteiger charge is 2.30. The van der Waals surface area contributed by atoms with Crippen LogP contribution in [0.3, 0.4) is 0 Å². The molecule has 1 heterocycles. The van der Waals surface area contributed by atoms with E-state index in [2.05, 4.69) is 5.32 Å². The molecule has 2 aromatic rings. The highest BCUT2D eigenvalue weighted by molar-refractivity contribution is 7.91. The number of carbonyl (C=O) groups excluding carboxylic acids is 2. The third-order valence-electron chi connectivity index (χ3n) is 4.02. The molecule has 124 valence electrons. The molecular formula is C18H17NO4S. The van der Waals surface area contributed by atoms with Crippen LogP contribution < -0.4 is 5.32 Å². The van der Waals surface area contributed by atoms with Crippen LogP contribution in [0.2, 0.25) is 0 Å². The van der Waals surface area contributed by atoms with Crippen molar-refractivity contribution in [2.75, 3.05) is 11.5 Å². The van der Waals surface area contributed by atoms with E-state index in [1.165, 1.54) is 0 Å². The van der Waals surface area contributed by atoms with Gasteiger partial charge in [-0.05, 0) is 12.5 Å². The number of sulfone groups is 1. The average Bonchev–Trinajstić information content (AvgIpc) is 2.93. The van der Waals surface area contributed by atoms with Crippen LogP contribution in [0, 0.1) is 0 Å². The summed E-state index contributed by atoms with van der Waals surface area (Å²) >= 11 is 0. The molecule has 2 aromatic carbocycles. The van der Waals surface area contributed by atoms with Gasteiger partial charge in [-0.2, -0.15) is 0 Å². The van der Waals surface area contributed by atoms with E-state index < -0.39 is 21.8 Å². The summed E-state index contributed by atoms with van der Waals surface area (Å²) in [7, 11) is -3.07. The molecule has 1 saturated heterocycles. The molecule has 1 aliphatic heterocycles. The van der Waals surface area contributed by atoms with Crippen molar-refractivity contribution in [3.63, 3.8) is 0 Å². The first-order chi connectivity index (χ1) is 11.5. The maximum absolute atomic E-state index is 12.6. The molecule has 5 nitrogen and oxygen atoms in total. The second-order valence-electron chi connectivity index (χ2n) is 5.81. The fraction of sp³-hybridized carbons (Fsp3) is 0.222. The van der Waals surface area contributed by atoms with Crippen LogP contribution in [0.5, 0.6) is 0 Å². The molecule has 24 heavy (non-hydrogen) atoms. The van der Waals surface area contributed by atoms with E-state index in [0.717, 1.165) is 0 Å². The van der Waals surface area contributed by atoms with Gasteiger partial charge in [-0.1, -0.05) is 48.5 Å². The quantitative estimate of drug-likeness (QED) is 0.859. The van der Waals surface area contributed by atoms with E-state index in [4.69, 9.17) is 0 Å². The van der Waals surface area contributed by atoms with Crippen molar-refractivity contribution < 1.29 is 18.0 Å². The first-order valence-electron chi connectivity index (χ1n) is 7.66. The van der Waals surface area contributed by atoms with E-state index in [-0.39, 0.29) is 22.9 Å². The van der Waals surface area contributed by atoms with Crippen LogP contribution in [0.4, 0.5) is 0 Å².